The molecular formula is C8H15NO4. The minimum Gasteiger partial charge on any atom is -0.356 e. The van der Waals surface area contributed by atoms with Crippen molar-refractivity contribution in [1.82, 2.24) is 5.32 Å². The van der Waals surface area contributed by atoms with Crippen molar-refractivity contribution >= 4 is 5.91 Å². The van der Waals surface area contributed by atoms with Gasteiger partial charge in [-0.3, -0.25) is 4.79 Å². The van der Waals surface area contributed by atoms with Crippen LogP contribution in [0.5, 0.6) is 0 Å². The largest absolute Gasteiger partial charge is 0.356 e. The van der Waals surface area contributed by atoms with E-state index in [9.17, 15) is 4.79 Å². The first-order valence-electron chi connectivity index (χ1n) is 3.70. The van der Waals surface area contributed by atoms with Gasteiger partial charge in [-0.2, -0.15) is 0 Å². The molecule has 0 rings (SSSR count). The molecule has 76 valence electrons. The summed E-state index contributed by atoms with van der Waals surface area (Å²) in [4.78, 5) is 10.9. The predicted octanol–water partition coefficient (Wildman–Crippen LogP) is -0.120. The topological polar surface area (TPSA) is 56.8 Å². The molecule has 0 fully saturated rings. The second-order valence-electron chi connectivity index (χ2n) is 2.21. The number of carbonyl (C=O) groups is 1. The number of ether oxygens (including phenoxy) is 3. The van der Waals surface area contributed by atoms with E-state index in [4.69, 9.17) is 14.2 Å². The van der Waals surface area contributed by atoms with E-state index >= 15 is 0 Å². The lowest BCUT2D eigenvalue weighted by atomic mass is 10.5. The molecule has 1 amide bonds. The summed E-state index contributed by atoms with van der Waals surface area (Å²) in [5.41, 5.74) is 0. The third-order valence-corrected chi connectivity index (χ3v) is 1.44. The molecule has 0 saturated carbocycles. The van der Waals surface area contributed by atoms with Gasteiger partial charge >= 0.3 is 0 Å². The van der Waals surface area contributed by atoms with E-state index in [2.05, 4.69) is 11.9 Å². The van der Waals surface area contributed by atoms with Crippen molar-refractivity contribution in [2.24, 2.45) is 0 Å². The zero-order valence-electron chi connectivity index (χ0n) is 8.07. The van der Waals surface area contributed by atoms with Gasteiger partial charge in [-0.05, 0) is 6.08 Å². The third kappa shape index (κ3) is 4.02. The average Bonchev–Trinajstić information content (AvgIpc) is 2.17. The Hall–Kier alpha value is -0.910. The van der Waals surface area contributed by atoms with Gasteiger partial charge in [0.15, 0.2) is 6.23 Å². The maximum absolute atomic E-state index is 10.9. The van der Waals surface area contributed by atoms with Crippen LogP contribution in [0.4, 0.5) is 0 Å². The summed E-state index contributed by atoms with van der Waals surface area (Å²) < 4.78 is 14.7. The lowest BCUT2D eigenvalue weighted by Crippen LogP contribution is -2.45. The minimum atomic E-state index is -0.638. The van der Waals surface area contributed by atoms with Crippen LogP contribution in [0.25, 0.3) is 0 Å². The average molecular weight is 189 g/mol. The van der Waals surface area contributed by atoms with Crippen LogP contribution in [0.15, 0.2) is 12.7 Å². The van der Waals surface area contributed by atoms with E-state index in [1.807, 2.05) is 0 Å². The molecule has 0 aromatic carbocycles. The molecule has 13 heavy (non-hydrogen) atoms. The molecule has 0 aliphatic carbocycles. The van der Waals surface area contributed by atoms with E-state index in [-0.39, 0.29) is 5.91 Å². The van der Waals surface area contributed by atoms with E-state index in [1.165, 1.54) is 21.3 Å². The maximum atomic E-state index is 10.9. The van der Waals surface area contributed by atoms with Crippen LogP contribution < -0.4 is 5.32 Å². The molecule has 0 aromatic rings. The quantitative estimate of drug-likeness (QED) is 0.467. The molecule has 1 N–H and O–H groups in total. The second kappa shape index (κ2) is 6.59. The van der Waals surface area contributed by atoms with Gasteiger partial charge in [0.1, 0.15) is 0 Å². The Morgan fingerprint density at radius 2 is 1.85 bits per heavy atom. The molecule has 0 saturated heterocycles. The van der Waals surface area contributed by atoms with Gasteiger partial charge in [-0.25, -0.2) is 0 Å². The standard InChI is InChI=1S/C8H15NO4/c1-5-6(10)9-7(11-2)8(12-3)13-4/h5,7-8H,1H2,2-4H3,(H,9,10). The number of hydrogen-bond donors (Lipinski definition) is 1. The Morgan fingerprint density at radius 1 is 1.31 bits per heavy atom. The van der Waals surface area contributed by atoms with Gasteiger partial charge in [0.25, 0.3) is 0 Å². The maximum Gasteiger partial charge on any atom is 0.245 e. The Bertz CT molecular complexity index is 168. The van der Waals surface area contributed by atoms with Gasteiger partial charge in [0.05, 0.1) is 0 Å². The van der Waals surface area contributed by atoms with Crippen molar-refractivity contribution in [1.29, 1.82) is 0 Å². The fourth-order valence-corrected chi connectivity index (χ4v) is 0.781. The Morgan fingerprint density at radius 3 is 2.15 bits per heavy atom. The smallest absolute Gasteiger partial charge is 0.245 e. The molecule has 0 aliphatic rings. The number of nitrogens with one attached hydrogen (secondary N) is 1. The second-order valence-corrected chi connectivity index (χ2v) is 2.21. The molecule has 0 radical (unpaired) electrons. The zero-order valence-corrected chi connectivity index (χ0v) is 8.07. The number of carbonyl (C=O) groups excluding carboxylic acids is 1. The molecule has 0 aliphatic heterocycles. The summed E-state index contributed by atoms with van der Waals surface area (Å²) in [6, 6.07) is 0. The Labute approximate surface area is 77.7 Å². The minimum absolute atomic E-state index is 0.342. The van der Waals surface area contributed by atoms with E-state index in [0.29, 0.717) is 0 Å². The lowest BCUT2D eigenvalue weighted by Gasteiger charge is -2.23. The first-order chi connectivity index (χ1) is 6.19. The van der Waals surface area contributed by atoms with Gasteiger partial charge < -0.3 is 19.5 Å². The highest BCUT2D eigenvalue weighted by Crippen LogP contribution is 1.99. The molecular weight excluding hydrogens is 174 g/mol. The normalized spacial score (nSPS) is 12.6. The van der Waals surface area contributed by atoms with Crippen molar-refractivity contribution < 1.29 is 19.0 Å². The fourth-order valence-electron chi connectivity index (χ4n) is 0.781. The molecule has 0 heterocycles. The first kappa shape index (κ1) is 12.1. The predicted molar refractivity (Wildman–Crippen MR) is 46.9 cm³/mol. The van der Waals surface area contributed by atoms with Crippen molar-refractivity contribution in [2.45, 2.75) is 12.5 Å². The molecule has 0 aromatic heterocycles. The summed E-state index contributed by atoms with van der Waals surface area (Å²) in [5.74, 6) is -0.342. The van der Waals surface area contributed by atoms with Crippen molar-refractivity contribution in [3.05, 3.63) is 12.7 Å². The van der Waals surface area contributed by atoms with Crippen LogP contribution in [0.2, 0.25) is 0 Å². The third-order valence-electron chi connectivity index (χ3n) is 1.44. The highest BCUT2D eigenvalue weighted by molar-refractivity contribution is 5.86. The number of hydrogen-bond acceptors (Lipinski definition) is 4. The SMILES string of the molecule is C=CC(=O)NC(OC)C(OC)OC. The number of methoxy groups -OCH3 is 3. The van der Waals surface area contributed by atoms with Gasteiger partial charge in [-0.1, -0.05) is 6.58 Å². The Kier molecular flexibility index (Phi) is 6.13. The van der Waals surface area contributed by atoms with Gasteiger partial charge in [0, 0.05) is 21.3 Å². The van der Waals surface area contributed by atoms with E-state index in [1.54, 1.807) is 0 Å². The van der Waals surface area contributed by atoms with Gasteiger partial charge in [-0.15, -0.1) is 0 Å². The van der Waals surface area contributed by atoms with Crippen LogP contribution in [-0.4, -0.2) is 39.8 Å². The summed E-state index contributed by atoms with van der Waals surface area (Å²) in [6.07, 6.45) is -0.122. The molecule has 5 nitrogen and oxygen atoms in total. The molecule has 1 unspecified atom stereocenters. The highest BCUT2D eigenvalue weighted by Gasteiger charge is 2.21. The summed E-state index contributed by atoms with van der Waals surface area (Å²) >= 11 is 0. The summed E-state index contributed by atoms with van der Waals surface area (Å²) in [7, 11) is 4.36. The van der Waals surface area contributed by atoms with E-state index in [0.717, 1.165) is 6.08 Å². The van der Waals surface area contributed by atoms with Crippen LogP contribution in [0.1, 0.15) is 0 Å². The van der Waals surface area contributed by atoms with Crippen LogP contribution in [-0.2, 0) is 19.0 Å². The monoisotopic (exact) mass is 189 g/mol. The van der Waals surface area contributed by atoms with Crippen LogP contribution in [0, 0.1) is 0 Å². The van der Waals surface area contributed by atoms with Crippen LogP contribution >= 0.6 is 0 Å². The Balaban J connectivity index is 4.14. The number of amides is 1. The van der Waals surface area contributed by atoms with Crippen molar-refractivity contribution in [3.63, 3.8) is 0 Å². The number of rotatable bonds is 6. The van der Waals surface area contributed by atoms with Crippen LogP contribution in [0.3, 0.4) is 0 Å². The van der Waals surface area contributed by atoms with Crippen molar-refractivity contribution in [3.8, 4) is 0 Å². The highest BCUT2D eigenvalue weighted by atomic mass is 16.7. The van der Waals surface area contributed by atoms with Gasteiger partial charge in [0.2, 0.25) is 12.2 Å². The molecule has 0 spiro atoms. The summed E-state index contributed by atoms with van der Waals surface area (Å²) in [5, 5.41) is 2.49. The van der Waals surface area contributed by atoms with Crippen molar-refractivity contribution in [2.75, 3.05) is 21.3 Å². The summed E-state index contributed by atoms with van der Waals surface area (Å²) in [6.45, 7) is 3.31. The first-order valence-corrected chi connectivity index (χ1v) is 3.70. The molecule has 1 atom stereocenters. The fraction of sp³-hybridized carbons (Fsp3) is 0.625. The molecule has 0 bridgehead atoms. The molecule has 5 heteroatoms. The lowest BCUT2D eigenvalue weighted by molar-refractivity contribution is -0.183. The van der Waals surface area contributed by atoms with E-state index < -0.39 is 12.5 Å². The zero-order chi connectivity index (χ0) is 10.3.